The Morgan fingerprint density at radius 2 is 1.90 bits per heavy atom. The van der Waals surface area contributed by atoms with Gasteiger partial charge in [0, 0.05) is 25.2 Å². The highest BCUT2D eigenvalue weighted by Crippen LogP contribution is 2.47. The summed E-state index contributed by atoms with van der Waals surface area (Å²) in [5.74, 6) is -4.48. The minimum absolute atomic E-state index is 0.0694. The first-order valence-corrected chi connectivity index (χ1v) is 10.2. The lowest BCUT2D eigenvalue weighted by Crippen LogP contribution is -2.64. The molecule has 1 spiro atoms. The van der Waals surface area contributed by atoms with Crippen molar-refractivity contribution in [1.29, 1.82) is 0 Å². The molecule has 0 N–H and O–H groups in total. The van der Waals surface area contributed by atoms with Crippen molar-refractivity contribution >= 4 is 11.8 Å². The molecule has 2 amide bonds. The fourth-order valence-electron chi connectivity index (χ4n) is 4.93. The molecular weight excluding hydrogens is 383 g/mol. The van der Waals surface area contributed by atoms with Gasteiger partial charge in [-0.2, -0.15) is 0 Å². The van der Waals surface area contributed by atoms with Crippen molar-refractivity contribution in [2.45, 2.75) is 63.6 Å². The standard InChI is InChI=1S/C21H26F3N3O2/c1-15-5-2-6-16(25-15)11-26-10-4-7-19(17(26)28)12-21(23,24)14-27(13-19)18(29)20(22)8-3-9-20/h2,5-6H,3-4,7-14H2,1H3/t19-/m1/s1. The number of rotatable bonds is 3. The van der Waals surface area contributed by atoms with Crippen molar-refractivity contribution in [3.63, 3.8) is 0 Å². The first-order chi connectivity index (χ1) is 13.6. The van der Waals surface area contributed by atoms with Gasteiger partial charge < -0.3 is 9.80 Å². The predicted molar refractivity (Wildman–Crippen MR) is 99.9 cm³/mol. The van der Waals surface area contributed by atoms with Crippen LogP contribution in [-0.4, -0.2) is 57.8 Å². The van der Waals surface area contributed by atoms with E-state index in [-0.39, 0.29) is 38.3 Å². The average molecular weight is 409 g/mol. The molecule has 1 saturated carbocycles. The highest BCUT2D eigenvalue weighted by atomic mass is 19.3. The van der Waals surface area contributed by atoms with E-state index in [0.29, 0.717) is 25.1 Å². The fourth-order valence-corrected chi connectivity index (χ4v) is 4.93. The summed E-state index contributed by atoms with van der Waals surface area (Å²) in [5.41, 5.74) is -1.89. The van der Waals surface area contributed by atoms with Crippen molar-refractivity contribution < 1.29 is 22.8 Å². The Balaban J connectivity index is 1.57. The molecule has 3 heterocycles. The molecule has 1 aromatic rings. The van der Waals surface area contributed by atoms with Gasteiger partial charge >= 0.3 is 0 Å². The number of hydrogen-bond acceptors (Lipinski definition) is 3. The number of carbonyl (C=O) groups is 2. The van der Waals surface area contributed by atoms with Crippen LogP contribution in [0.15, 0.2) is 18.2 Å². The SMILES string of the molecule is Cc1cccc(CN2CCC[C@@]3(CN(C(=O)C4(F)CCC4)CC(F)(F)C3)C2=O)n1. The lowest BCUT2D eigenvalue weighted by molar-refractivity contribution is -0.182. The van der Waals surface area contributed by atoms with E-state index < -0.39 is 35.9 Å². The molecule has 158 valence electrons. The number of nitrogens with zero attached hydrogens (tertiary/aromatic N) is 3. The van der Waals surface area contributed by atoms with Crippen LogP contribution in [0.5, 0.6) is 0 Å². The Bertz CT molecular complexity index is 827. The maximum atomic E-state index is 14.7. The second kappa shape index (κ2) is 6.99. The highest BCUT2D eigenvalue weighted by Gasteiger charge is 2.58. The molecule has 2 aliphatic heterocycles. The van der Waals surface area contributed by atoms with Crippen LogP contribution in [0, 0.1) is 12.3 Å². The number of aryl methyl sites for hydroxylation is 1. The summed E-state index contributed by atoms with van der Waals surface area (Å²) in [7, 11) is 0. The third-order valence-corrected chi connectivity index (χ3v) is 6.45. The van der Waals surface area contributed by atoms with Crippen LogP contribution in [0.4, 0.5) is 13.2 Å². The molecule has 1 atom stereocenters. The van der Waals surface area contributed by atoms with Crippen LogP contribution in [-0.2, 0) is 16.1 Å². The van der Waals surface area contributed by atoms with Crippen molar-refractivity contribution in [3.05, 3.63) is 29.6 Å². The summed E-state index contributed by atoms with van der Waals surface area (Å²) in [6.07, 6.45) is 0.964. The zero-order chi connectivity index (χ0) is 20.9. The molecule has 0 unspecified atom stereocenters. The molecule has 3 fully saturated rings. The maximum absolute atomic E-state index is 14.7. The summed E-state index contributed by atoms with van der Waals surface area (Å²) < 4.78 is 43.9. The highest BCUT2D eigenvalue weighted by molar-refractivity contribution is 5.89. The Labute approximate surface area is 168 Å². The number of likely N-dealkylation sites (tertiary alicyclic amines) is 2. The number of aromatic nitrogens is 1. The molecule has 3 aliphatic rings. The second-order valence-corrected chi connectivity index (χ2v) is 8.89. The molecule has 4 rings (SSSR count). The molecular formula is C21H26F3N3O2. The van der Waals surface area contributed by atoms with Gasteiger partial charge in [0.25, 0.3) is 11.8 Å². The Kier molecular flexibility index (Phi) is 4.86. The normalized spacial score (nSPS) is 28.3. The molecule has 2 saturated heterocycles. The number of alkyl halides is 3. The van der Waals surface area contributed by atoms with Gasteiger partial charge in [0.05, 0.1) is 24.2 Å². The number of pyridine rings is 1. The number of hydrogen-bond donors (Lipinski definition) is 0. The van der Waals surface area contributed by atoms with E-state index in [1.165, 1.54) is 0 Å². The van der Waals surface area contributed by atoms with Crippen molar-refractivity contribution in [3.8, 4) is 0 Å². The molecule has 5 nitrogen and oxygen atoms in total. The van der Waals surface area contributed by atoms with E-state index in [4.69, 9.17) is 0 Å². The number of carbonyl (C=O) groups excluding carboxylic acids is 2. The van der Waals surface area contributed by atoms with Crippen LogP contribution in [0.3, 0.4) is 0 Å². The fraction of sp³-hybridized carbons (Fsp3) is 0.667. The average Bonchev–Trinajstić information content (AvgIpc) is 2.62. The van der Waals surface area contributed by atoms with E-state index in [1.54, 1.807) is 11.0 Å². The minimum atomic E-state index is -3.21. The summed E-state index contributed by atoms with van der Waals surface area (Å²) >= 11 is 0. The lowest BCUT2D eigenvalue weighted by Gasteiger charge is -2.50. The second-order valence-electron chi connectivity index (χ2n) is 8.89. The predicted octanol–water partition coefficient (Wildman–Crippen LogP) is 3.26. The molecule has 1 aliphatic carbocycles. The van der Waals surface area contributed by atoms with Gasteiger partial charge in [0.15, 0.2) is 5.67 Å². The van der Waals surface area contributed by atoms with Gasteiger partial charge in [-0.05, 0) is 51.2 Å². The first-order valence-electron chi connectivity index (χ1n) is 10.2. The van der Waals surface area contributed by atoms with Crippen LogP contribution < -0.4 is 0 Å². The third-order valence-electron chi connectivity index (χ3n) is 6.45. The van der Waals surface area contributed by atoms with Gasteiger partial charge in [-0.15, -0.1) is 0 Å². The van der Waals surface area contributed by atoms with E-state index >= 15 is 0 Å². The molecule has 29 heavy (non-hydrogen) atoms. The zero-order valence-electron chi connectivity index (χ0n) is 16.6. The Morgan fingerprint density at radius 3 is 2.55 bits per heavy atom. The van der Waals surface area contributed by atoms with E-state index in [0.717, 1.165) is 10.6 Å². The summed E-state index contributed by atoms with van der Waals surface area (Å²) in [6.45, 7) is 1.61. The first kappa shape index (κ1) is 20.2. The lowest BCUT2D eigenvalue weighted by atomic mass is 9.71. The van der Waals surface area contributed by atoms with Gasteiger partial charge in [-0.1, -0.05) is 6.07 Å². The molecule has 8 heteroatoms. The quantitative estimate of drug-likeness (QED) is 0.770. The van der Waals surface area contributed by atoms with Crippen LogP contribution in [0.1, 0.15) is 49.9 Å². The topological polar surface area (TPSA) is 53.5 Å². The third kappa shape index (κ3) is 3.73. The number of halogens is 3. The Hall–Kier alpha value is -2.12. The van der Waals surface area contributed by atoms with Gasteiger partial charge in [-0.25, -0.2) is 13.2 Å². The summed E-state index contributed by atoms with van der Waals surface area (Å²) in [6, 6.07) is 5.49. The monoisotopic (exact) mass is 409 g/mol. The van der Waals surface area contributed by atoms with E-state index in [9.17, 15) is 22.8 Å². The Morgan fingerprint density at radius 1 is 1.14 bits per heavy atom. The smallest absolute Gasteiger partial charge is 0.266 e. The van der Waals surface area contributed by atoms with Crippen molar-refractivity contribution in [2.75, 3.05) is 19.6 Å². The minimum Gasteiger partial charge on any atom is -0.336 e. The molecule has 0 aromatic carbocycles. The number of piperidine rings is 2. The van der Waals surface area contributed by atoms with Gasteiger partial charge in [0.2, 0.25) is 5.91 Å². The maximum Gasteiger partial charge on any atom is 0.266 e. The molecule has 1 aromatic heterocycles. The van der Waals surface area contributed by atoms with Gasteiger partial charge in [0.1, 0.15) is 0 Å². The largest absolute Gasteiger partial charge is 0.336 e. The van der Waals surface area contributed by atoms with Crippen molar-refractivity contribution in [1.82, 2.24) is 14.8 Å². The van der Waals surface area contributed by atoms with Gasteiger partial charge in [-0.3, -0.25) is 14.6 Å². The summed E-state index contributed by atoms with van der Waals surface area (Å²) in [4.78, 5) is 32.8. The number of amides is 2. The van der Waals surface area contributed by atoms with E-state index in [1.807, 2.05) is 19.1 Å². The van der Waals surface area contributed by atoms with Crippen molar-refractivity contribution in [2.24, 2.45) is 5.41 Å². The molecule has 0 radical (unpaired) electrons. The summed E-state index contributed by atoms with van der Waals surface area (Å²) in [5, 5.41) is 0. The van der Waals surface area contributed by atoms with Crippen LogP contribution in [0.2, 0.25) is 0 Å². The molecule has 0 bridgehead atoms. The van der Waals surface area contributed by atoms with Crippen LogP contribution in [0.25, 0.3) is 0 Å². The zero-order valence-corrected chi connectivity index (χ0v) is 16.6. The van der Waals surface area contributed by atoms with E-state index in [2.05, 4.69) is 4.98 Å². The van der Waals surface area contributed by atoms with Crippen LogP contribution >= 0.6 is 0 Å².